The van der Waals surface area contributed by atoms with Gasteiger partial charge in [0.1, 0.15) is 0 Å². The van der Waals surface area contributed by atoms with Crippen molar-refractivity contribution in [3.05, 3.63) is 35.4 Å². The third kappa shape index (κ3) is 9.44. The summed E-state index contributed by atoms with van der Waals surface area (Å²) >= 11 is 0. The van der Waals surface area contributed by atoms with Crippen LogP contribution in [0.25, 0.3) is 0 Å². The first-order chi connectivity index (χ1) is 11.2. The highest BCUT2D eigenvalue weighted by molar-refractivity contribution is 14.0. The van der Waals surface area contributed by atoms with Crippen LogP contribution in [0.1, 0.15) is 25.0 Å². The zero-order chi connectivity index (χ0) is 16.9. The second kappa shape index (κ2) is 14.5. The number of aryl methyl sites for hydroxylation is 1. The van der Waals surface area contributed by atoms with Crippen LogP contribution in [0.2, 0.25) is 0 Å². The van der Waals surface area contributed by atoms with Crippen LogP contribution in [0.15, 0.2) is 29.3 Å². The molecule has 0 spiro atoms. The van der Waals surface area contributed by atoms with Gasteiger partial charge in [-0.1, -0.05) is 31.2 Å². The molecule has 0 radical (unpaired) electrons. The molecule has 0 saturated heterocycles. The summed E-state index contributed by atoms with van der Waals surface area (Å²) in [7, 11) is 3.73. The number of hydrogen-bond acceptors (Lipinski definition) is 3. The average molecular weight is 449 g/mol. The first kappa shape index (κ1) is 23.1. The van der Waals surface area contributed by atoms with E-state index in [4.69, 9.17) is 9.47 Å². The van der Waals surface area contributed by atoms with Crippen LogP contribution in [0.5, 0.6) is 0 Å². The van der Waals surface area contributed by atoms with Crippen molar-refractivity contribution in [3.8, 4) is 0 Å². The van der Waals surface area contributed by atoms with Gasteiger partial charge in [-0.2, -0.15) is 0 Å². The molecule has 1 rings (SSSR count). The normalized spacial score (nSPS) is 11.1. The third-order valence-corrected chi connectivity index (χ3v) is 3.48. The summed E-state index contributed by atoms with van der Waals surface area (Å²) < 4.78 is 10.4. The van der Waals surface area contributed by atoms with Gasteiger partial charge in [0.15, 0.2) is 5.96 Å². The van der Waals surface area contributed by atoms with Gasteiger partial charge in [-0.3, -0.25) is 4.99 Å². The maximum absolute atomic E-state index is 5.45. The molecular formula is C18H32IN3O2. The third-order valence-electron chi connectivity index (χ3n) is 3.48. The fraction of sp³-hybridized carbons (Fsp3) is 0.611. The number of nitrogens with zero attached hydrogens (tertiary/aromatic N) is 2. The lowest BCUT2D eigenvalue weighted by Gasteiger charge is -2.22. The summed E-state index contributed by atoms with van der Waals surface area (Å²) in [4.78, 5) is 6.75. The van der Waals surface area contributed by atoms with E-state index >= 15 is 0 Å². The smallest absolute Gasteiger partial charge is 0.194 e. The zero-order valence-corrected chi connectivity index (χ0v) is 17.7. The molecule has 0 aliphatic heterocycles. The minimum absolute atomic E-state index is 0. The van der Waals surface area contributed by atoms with E-state index in [2.05, 4.69) is 60.4 Å². The van der Waals surface area contributed by atoms with Crippen molar-refractivity contribution in [2.75, 3.05) is 47.1 Å². The van der Waals surface area contributed by atoms with Gasteiger partial charge in [0.25, 0.3) is 0 Å². The highest BCUT2D eigenvalue weighted by Crippen LogP contribution is 2.07. The molecule has 1 aromatic rings. The summed E-state index contributed by atoms with van der Waals surface area (Å²) in [6.45, 7) is 8.42. The van der Waals surface area contributed by atoms with E-state index in [1.807, 2.05) is 0 Å². The molecule has 0 amide bonds. The zero-order valence-electron chi connectivity index (χ0n) is 15.4. The molecule has 0 fully saturated rings. The van der Waals surface area contributed by atoms with Gasteiger partial charge in [-0.25, -0.2) is 0 Å². The van der Waals surface area contributed by atoms with Crippen LogP contribution in [0.4, 0.5) is 0 Å². The fourth-order valence-corrected chi connectivity index (χ4v) is 2.16. The number of rotatable bonds is 10. The van der Waals surface area contributed by atoms with Crippen LogP contribution in [0.3, 0.4) is 0 Å². The number of methoxy groups -OCH3 is 1. The topological polar surface area (TPSA) is 46.1 Å². The lowest BCUT2D eigenvalue weighted by Crippen LogP contribution is -2.38. The summed E-state index contributed by atoms with van der Waals surface area (Å²) in [5.74, 6) is 0.905. The average Bonchev–Trinajstić information content (AvgIpc) is 2.57. The first-order valence-corrected chi connectivity index (χ1v) is 8.35. The van der Waals surface area contributed by atoms with Gasteiger partial charge < -0.3 is 19.7 Å². The maximum Gasteiger partial charge on any atom is 0.194 e. The fourth-order valence-electron chi connectivity index (χ4n) is 2.16. The second-order valence-electron chi connectivity index (χ2n) is 5.37. The van der Waals surface area contributed by atoms with E-state index in [9.17, 15) is 0 Å². The van der Waals surface area contributed by atoms with Gasteiger partial charge >= 0.3 is 0 Å². The Labute approximate surface area is 163 Å². The summed E-state index contributed by atoms with van der Waals surface area (Å²) in [5, 5.41) is 3.32. The Morgan fingerprint density at radius 1 is 1.08 bits per heavy atom. The molecule has 6 heteroatoms. The quantitative estimate of drug-likeness (QED) is 0.258. The molecule has 1 N–H and O–H groups in total. The number of aliphatic imine (C=N–C) groups is 1. The molecule has 0 aliphatic rings. The van der Waals surface area contributed by atoms with Crippen LogP contribution in [-0.4, -0.2) is 57.9 Å². The lowest BCUT2D eigenvalue weighted by molar-refractivity contribution is 0.0747. The van der Waals surface area contributed by atoms with Gasteiger partial charge in [0.2, 0.25) is 0 Å². The monoisotopic (exact) mass is 449 g/mol. The Kier molecular flexibility index (Phi) is 14.0. The van der Waals surface area contributed by atoms with Crippen LogP contribution in [0, 0.1) is 0 Å². The molecule has 0 unspecified atom stereocenters. The molecular weight excluding hydrogens is 417 g/mol. The molecule has 5 nitrogen and oxygen atoms in total. The van der Waals surface area contributed by atoms with E-state index in [1.165, 1.54) is 11.1 Å². The molecule has 0 aromatic heterocycles. The Bertz CT molecular complexity index is 452. The lowest BCUT2D eigenvalue weighted by atomic mass is 10.1. The Balaban J connectivity index is 0.00000529. The van der Waals surface area contributed by atoms with Crippen molar-refractivity contribution in [1.82, 2.24) is 10.2 Å². The molecule has 0 aliphatic carbocycles. The summed E-state index contributed by atoms with van der Waals surface area (Å²) in [6.07, 6.45) is 1.07. The predicted octanol–water partition coefficient (Wildman–Crippen LogP) is 2.93. The number of hydrogen-bond donors (Lipinski definition) is 1. The standard InChI is InChI=1S/C18H31N3O2.HI/c1-5-16-7-9-17(10-8-16)15-21(3)18(19-6-2)20-11-12-23-14-13-22-4;/h7-10H,5-6,11-15H2,1-4H3,(H,19,20);1H. The molecule has 138 valence electrons. The SMILES string of the molecule is CCNC(=NCCOCCOC)N(C)Cc1ccc(CC)cc1.I. The molecule has 1 aromatic carbocycles. The molecule has 0 heterocycles. The number of guanidine groups is 1. The van der Waals surface area contributed by atoms with Crippen molar-refractivity contribution < 1.29 is 9.47 Å². The largest absolute Gasteiger partial charge is 0.382 e. The molecule has 0 atom stereocenters. The second-order valence-corrected chi connectivity index (χ2v) is 5.37. The van der Waals surface area contributed by atoms with Gasteiger partial charge in [-0.05, 0) is 24.5 Å². The van der Waals surface area contributed by atoms with Crippen LogP contribution in [-0.2, 0) is 22.4 Å². The van der Waals surface area contributed by atoms with E-state index in [-0.39, 0.29) is 24.0 Å². The van der Waals surface area contributed by atoms with Crippen molar-refractivity contribution in [3.63, 3.8) is 0 Å². The van der Waals surface area contributed by atoms with Crippen LogP contribution < -0.4 is 5.32 Å². The summed E-state index contributed by atoms with van der Waals surface area (Å²) in [5.41, 5.74) is 2.65. The van der Waals surface area contributed by atoms with E-state index in [1.54, 1.807) is 7.11 Å². The number of nitrogens with one attached hydrogen (secondary N) is 1. The minimum Gasteiger partial charge on any atom is -0.382 e. The molecule has 0 bridgehead atoms. The van der Waals surface area contributed by atoms with E-state index in [0.717, 1.165) is 25.5 Å². The van der Waals surface area contributed by atoms with E-state index < -0.39 is 0 Å². The van der Waals surface area contributed by atoms with Crippen molar-refractivity contribution >= 4 is 29.9 Å². The molecule has 0 saturated carbocycles. The number of benzene rings is 1. The Morgan fingerprint density at radius 3 is 2.33 bits per heavy atom. The Morgan fingerprint density at radius 2 is 1.75 bits per heavy atom. The van der Waals surface area contributed by atoms with Crippen molar-refractivity contribution in [2.45, 2.75) is 26.8 Å². The van der Waals surface area contributed by atoms with E-state index in [0.29, 0.717) is 26.4 Å². The van der Waals surface area contributed by atoms with Crippen molar-refractivity contribution in [2.24, 2.45) is 4.99 Å². The van der Waals surface area contributed by atoms with Gasteiger partial charge in [-0.15, -0.1) is 24.0 Å². The molecule has 24 heavy (non-hydrogen) atoms. The predicted molar refractivity (Wildman–Crippen MR) is 111 cm³/mol. The minimum atomic E-state index is 0. The van der Waals surface area contributed by atoms with Crippen molar-refractivity contribution in [1.29, 1.82) is 0 Å². The van der Waals surface area contributed by atoms with Gasteiger partial charge in [0.05, 0.1) is 26.4 Å². The summed E-state index contributed by atoms with van der Waals surface area (Å²) in [6, 6.07) is 8.76. The van der Waals surface area contributed by atoms with Gasteiger partial charge in [0, 0.05) is 27.2 Å². The first-order valence-electron chi connectivity index (χ1n) is 8.35. The number of ether oxygens (including phenoxy) is 2. The Hall–Kier alpha value is -0.860. The highest BCUT2D eigenvalue weighted by atomic mass is 127. The number of halogens is 1. The van der Waals surface area contributed by atoms with Crippen LogP contribution >= 0.6 is 24.0 Å². The highest BCUT2D eigenvalue weighted by Gasteiger charge is 2.06. The maximum atomic E-state index is 5.45.